The van der Waals surface area contributed by atoms with Gasteiger partial charge in [0, 0.05) is 37.7 Å². The predicted molar refractivity (Wildman–Crippen MR) is 92.6 cm³/mol. The van der Waals surface area contributed by atoms with Crippen molar-refractivity contribution < 1.29 is 8.42 Å². The van der Waals surface area contributed by atoms with E-state index in [0.717, 1.165) is 0 Å². The highest BCUT2D eigenvalue weighted by Gasteiger charge is 2.29. The zero-order chi connectivity index (χ0) is 16.2. The Kier molecular flexibility index (Phi) is 5.80. The van der Waals surface area contributed by atoms with Crippen LogP contribution in [0.4, 0.5) is 0 Å². The Hall–Kier alpha value is -1.15. The van der Waals surface area contributed by atoms with Gasteiger partial charge in [0.25, 0.3) is 0 Å². The average molecular weight is 360 g/mol. The van der Waals surface area contributed by atoms with E-state index in [1.165, 1.54) is 16.4 Å². The first kappa shape index (κ1) is 17.2. The van der Waals surface area contributed by atoms with Crippen LogP contribution < -0.4 is 5.32 Å². The smallest absolute Gasteiger partial charge is 0.243 e. The van der Waals surface area contributed by atoms with Crippen LogP contribution in [0.15, 0.2) is 41.8 Å². The van der Waals surface area contributed by atoms with Crippen LogP contribution in [0.2, 0.25) is 5.02 Å². The van der Waals surface area contributed by atoms with Crippen molar-refractivity contribution in [1.29, 1.82) is 0 Å². The average Bonchev–Trinajstić information content (AvgIpc) is 2.53. The van der Waals surface area contributed by atoms with Gasteiger partial charge in [0.05, 0.1) is 4.90 Å². The molecule has 0 aliphatic carbocycles. The Morgan fingerprint density at radius 3 is 2.41 bits per heavy atom. The zero-order valence-corrected chi connectivity index (χ0v) is 14.4. The zero-order valence-electron chi connectivity index (χ0n) is 12.0. The molecule has 5 nitrogen and oxygen atoms in total. The molecule has 1 fully saturated rings. The molecule has 0 aromatic heterocycles. The SMILES string of the molecule is C=CCNC(=S)N1CCN(S(=O)(=O)c2ccc(Cl)cc2)CC1. The molecule has 1 N–H and O–H groups in total. The Morgan fingerprint density at radius 1 is 1.27 bits per heavy atom. The monoisotopic (exact) mass is 359 g/mol. The lowest BCUT2D eigenvalue weighted by Crippen LogP contribution is -2.53. The molecule has 1 aliphatic rings. The van der Waals surface area contributed by atoms with Crippen LogP contribution in [0, 0.1) is 0 Å². The van der Waals surface area contributed by atoms with E-state index in [-0.39, 0.29) is 4.90 Å². The number of thiocarbonyl (C=S) groups is 1. The number of nitrogens with one attached hydrogen (secondary N) is 1. The summed E-state index contributed by atoms with van der Waals surface area (Å²) in [4.78, 5) is 2.23. The molecule has 0 unspecified atom stereocenters. The quantitative estimate of drug-likeness (QED) is 0.655. The molecule has 1 heterocycles. The number of halogens is 1. The molecule has 8 heteroatoms. The van der Waals surface area contributed by atoms with Crippen molar-refractivity contribution in [3.05, 3.63) is 41.9 Å². The molecule has 0 radical (unpaired) electrons. The van der Waals surface area contributed by atoms with Crippen molar-refractivity contribution in [3.8, 4) is 0 Å². The lowest BCUT2D eigenvalue weighted by molar-refractivity contribution is 0.264. The number of piperazine rings is 1. The fourth-order valence-corrected chi connectivity index (χ4v) is 3.97. The van der Waals surface area contributed by atoms with Crippen molar-refractivity contribution in [2.75, 3.05) is 32.7 Å². The fourth-order valence-electron chi connectivity index (χ4n) is 2.16. The van der Waals surface area contributed by atoms with Gasteiger partial charge in [-0.1, -0.05) is 17.7 Å². The molecule has 0 spiro atoms. The van der Waals surface area contributed by atoms with E-state index in [1.54, 1.807) is 18.2 Å². The molecule has 0 atom stereocenters. The van der Waals surface area contributed by atoms with Crippen molar-refractivity contribution in [2.45, 2.75) is 4.90 Å². The van der Waals surface area contributed by atoms with Gasteiger partial charge in [-0.2, -0.15) is 4.31 Å². The molecular formula is C14H18ClN3O2S2. The van der Waals surface area contributed by atoms with Gasteiger partial charge in [-0.15, -0.1) is 6.58 Å². The van der Waals surface area contributed by atoms with Crippen molar-refractivity contribution in [3.63, 3.8) is 0 Å². The summed E-state index contributed by atoms with van der Waals surface area (Å²) >= 11 is 11.1. The molecule has 1 saturated heterocycles. The highest BCUT2D eigenvalue weighted by molar-refractivity contribution is 7.89. The number of nitrogens with zero attached hydrogens (tertiary/aromatic N) is 2. The molecule has 1 aromatic carbocycles. The van der Waals surface area contributed by atoms with Gasteiger partial charge in [-0.3, -0.25) is 0 Å². The van der Waals surface area contributed by atoms with E-state index in [4.69, 9.17) is 23.8 Å². The summed E-state index contributed by atoms with van der Waals surface area (Å²) in [5.74, 6) is 0. The summed E-state index contributed by atoms with van der Waals surface area (Å²) in [6.07, 6.45) is 1.73. The molecule has 22 heavy (non-hydrogen) atoms. The molecule has 0 saturated carbocycles. The minimum atomic E-state index is -3.48. The van der Waals surface area contributed by atoms with E-state index in [1.807, 2.05) is 4.90 Å². The van der Waals surface area contributed by atoms with E-state index in [9.17, 15) is 8.42 Å². The summed E-state index contributed by atoms with van der Waals surface area (Å²) in [6, 6.07) is 6.22. The van der Waals surface area contributed by atoms with E-state index >= 15 is 0 Å². The Labute approximate surface area is 141 Å². The van der Waals surface area contributed by atoms with Crippen LogP contribution in [0.3, 0.4) is 0 Å². The normalized spacial score (nSPS) is 16.3. The molecular weight excluding hydrogens is 342 g/mol. The molecule has 1 aliphatic heterocycles. The Morgan fingerprint density at radius 2 is 1.86 bits per heavy atom. The van der Waals surface area contributed by atoms with Gasteiger partial charge in [0.1, 0.15) is 0 Å². The van der Waals surface area contributed by atoms with Gasteiger partial charge in [-0.25, -0.2) is 8.42 Å². The van der Waals surface area contributed by atoms with Gasteiger partial charge < -0.3 is 10.2 Å². The highest BCUT2D eigenvalue weighted by Crippen LogP contribution is 2.19. The van der Waals surface area contributed by atoms with Gasteiger partial charge >= 0.3 is 0 Å². The number of sulfonamides is 1. The second kappa shape index (κ2) is 7.41. The summed E-state index contributed by atoms with van der Waals surface area (Å²) in [5.41, 5.74) is 0. The van der Waals surface area contributed by atoms with Crippen LogP contribution >= 0.6 is 23.8 Å². The Bertz CT molecular complexity index is 639. The van der Waals surface area contributed by atoms with Gasteiger partial charge in [0.15, 0.2) is 5.11 Å². The minimum absolute atomic E-state index is 0.262. The Balaban J connectivity index is 2.00. The van der Waals surface area contributed by atoms with E-state index < -0.39 is 10.0 Å². The molecule has 0 bridgehead atoms. The summed E-state index contributed by atoms with van der Waals surface area (Å²) in [6.45, 7) is 6.16. The minimum Gasteiger partial charge on any atom is -0.359 e. The number of hydrogen-bond acceptors (Lipinski definition) is 3. The molecule has 2 rings (SSSR count). The maximum absolute atomic E-state index is 12.5. The van der Waals surface area contributed by atoms with Gasteiger partial charge in [0.2, 0.25) is 10.0 Å². The maximum atomic E-state index is 12.5. The first-order valence-corrected chi connectivity index (χ1v) is 9.07. The number of benzene rings is 1. The van der Waals surface area contributed by atoms with E-state index in [2.05, 4.69) is 11.9 Å². The molecule has 1 aromatic rings. The van der Waals surface area contributed by atoms with E-state index in [0.29, 0.717) is 42.9 Å². The fraction of sp³-hybridized carbons (Fsp3) is 0.357. The second-order valence-corrected chi connectivity index (χ2v) is 7.58. The van der Waals surface area contributed by atoms with Crippen LogP contribution in [0.25, 0.3) is 0 Å². The standard InChI is InChI=1S/C14H18ClN3O2S2/c1-2-7-16-14(21)17-8-10-18(11-9-17)22(19,20)13-5-3-12(15)4-6-13/h2-6H,1,7-11H2,(H,16,21). The third-order valence-corrected chi connectivity index (χ3v) is 5.94. The lowest BCUT2D eigenvalue weighted by Gasteiger charge is -2.35. The summed E-state index contributed by atoms with van der Waals surface area (Å²) in [5, 5.41) is 4.19. The van der Waals surface area contributed by atoms with Crippen molar-refractivity contribution >= 4 is 39.0 Å². The number of rotatable bonds is 4. The third-order valence-electron chi connectivity index (χ3n) is 3.37. The number of hydrogen-bond donors (Lipinski definition) is 1. The van der Waals surface area contributed by atoms with Crippen LogP contribution in [0.5, 0.6) is 0 Å². The molecule has 120 valence electrons. The molecule has 0 amide bonds. The van der Waals surface area contributed by atoms with Crippen LogP contribution in [-0.4, -0.2) is 55.5 Å². The third kappa shape index (κ3) is 3.98. The first-order valence-electron chi connectivity index (χ1n) is 6.84. The largest absolute Gasteiger partial charge is 0.359 e. The van der Waals surface area contributed by atoms with Crippen LogP contribution in [0.1, 0.15) is 0 Å². The maximum Gasteiger partial charge on any atom is 0.243 e. The van der Waals surface area contributed by atoms with Crippen molar-refractivity contribution in [1.82, 2.24) is 14.5 Å². The highest BCUT2D eigenvalue weighted by atomic mass is 35.5. The van der Waals surface area contributed by atoms with Crippen molar-refractivity contribution in [2.24, 2.45) is 0 Å². The summed E-state index contributed by atoms with van der Waals surface area (Å²) < 4.78 is 26.6. The summed E-state index contributed by atoms with van der Waals surface area (Å²) in [7, 11) is -3.48. The second-order valence-electron chi connectivity index (χ2n) is 4.82. The predicted octanol–water partition coefficient (Wildman–Crippen LogP) is 1.71. The topological polar surface area (TPSA) is 52.6 Å². The lowest BCUT2D eigenvalue weighted by atomic mass is 10.4. The first-order chi connectivity index (χ1) is 10.4. The van der Waals surface area contributed by atoms with Crippen LogP contribution in [-0.2, 0) is 10.0 Å². The van der Waals surface area contributed by atoms with Gasteiger partial charge in [-0.05, 0) is 36.5 Å².